The first-order chi connectivity index (χ1) is 8.13. The second-order valence-electron chi connectivity index (χ2n) is 3.48. The molecule has 17 heavy (non-hydrogen) atoms. The zero-order chi connectivity index (χ0) is 12.7. The topological polar surface area (TPSA) is 64.6 Å². The number of amides is 1. The van der Waals surface area contributed by atoms with Gasteiger partial charge in [0.05, 0.1) is 7.11 Å². The third kappa shape index (κ3) is 4.65. The molecule has 0 aromatic heterocycles. The fraction of sp³-hybridized carbons (Fsp3) is 0.333. The van der Waals surface area contributed by atoms with Crippen molar-refractivity contribution in [2.24, 2.45) is 0 Å². The lowest BCUT2D eigenvalue weighted by atomic mass is 10.1. The average molecular weight is 237 g/mol. The number of carbonyl (C=O) groups is 2. The summed E-state index contributed by atoms with van der Waals surface area (Å²) in [5, 5.41) is 0. The van der Waals surface area contributed by atoms with E-state index in [1.54, 1.807) is 0 Å². The van der Waals surface area contributed by atoms with Crippen LogP contribution in [0.4, 0.5) is 0 Å². The molecule has 0 saturated heterocycles. The van der Waals surface area contributed by atoms with Gasteiger partial charge in [-0.25, -0.2) is 10.3 Å². The number of hydroxylamine groups is 1. The normalized spacial score (nSPS) is 11.6. The van der Waals surface area contributed by atoms with Gasteiger partial charge in [-0.2, -0.15) is 0 Å². The van der Waals surface area contributed by atoms with E-state index in [0.29, 0.717) is 6.42 Å². The zero-order valence-electron chi connectivity index (χ0n) is 9.80. The molecule has 0 fully saturated rings. The Kier molecular flexibility index (Phi) is 5.16. The summed E-state index contributed by atoms with van der Waals surface area (Å²) in [6.07, 6.45) is -0.500. The molecule has 1 unspecified atom stereocenters. The molecule has 5 heteroatoms. The summed E-state index contributed by atoms with van der Waals surface area (Å²) in [5.41, 5.74) is 3.07. The number of ether oxygens (including phenoxy) is 1. The van der Waals surface area contributed by atoms with Gasteiger partial charge in [-0.1, -0.05) is 30.3 Å². The van der Waals surface area contributed by atoms with Gasteiger partial charge in [0, 0.05) is 13.3 Å². The number of hydrogen-bond donors (Lipinski definition) is 1. The van der Waals surface area contributed by atoms with Crippen molar-refractivity contribution in [3.05, 3.63) is 35.9 Å². The molecule has 0 heterocycles. The fourth-order valence-corrected chi connectivity index (χ4v) is 1.29. The summed E-state index contributed by atoms with van der Waals surface area (Å²) in [6.45, 7) is 1.30. The van der Waals surface area contributed by atoms with Crippen molar-refractivity contribution in [2.45, 2.75) is 19.4 Å². The van der Waals surface area contributed by atoms with E-state index in [9.17, 15) is 9.59 Å². The Morgan fingerprint density at radius 3 is 2.47 bits per heavy atom. The van der Waals surface area contributed by atoms with Crippen LogP contribution in [0.3, 0.4) is 0 Å². The second-order valence-corrected chi connectivity index (χ2v) is 3.48. The first kappa shape index (κ1) is 13.2. The molecule has 1 N–H and O–H groups in total. The van der Waals surface area contributed by atoms with Crippen LogP contribution < -0.4 is 5.48 Å². The summed E-state index contributed by atoms with van der Waals surface area (Å²) in [7, 11) is 1.28. The molecule has 5 nitrogen and oxygen atoms in total. The van der Waals surface area contributed by atoms with E-state index < -0.39 is 12.1 Å². The van der Waals surface area contributed by atoms with Crippen molar-refractivity contribution in [2.75, 3.05) is 7.11 Å². The molecule has 0 aliphatic rings. The maximum Gasteiger partial charge on any atom is 0.338 e. The van der Waals surface area contributed by atoms with Gasteiger partial charge >= 0.3 is 5.97 Å². The zero-order valence-corrected chi connectivity index (χ0v) is 9.80. The van der Waals surface area contributed by atoms with Crippen LogP contribution in [0.15, 0.2) is 30.3 Å². The quantitative estimate of drug-likeness (QED) is 0.608. The molecule has 0 radical (unpaired) electrons. The predicted molar refractivity (Wildman–Crippen MR) is 60.9 cm³/mol. The Bertz CT molecular complexity index is 377. The lowest BCUT2D eigenvalue weighted by molar-refractivity contribution is -0.162. The summed E-state index contributed by atoms with van der Waals surface area (Å²) in [6, 6.07) is 9.34. The maximum atomic E-state index is 11.4. The van der Waals surface area contributed by atoms with E-state index >= 15 is 0 Å². The molecule has 0 spiro atoms. The Labute approximate surface area is 99.7 Å². The van der Waals surface area contributed by atoms with E-state index in [4.69, 9.17) is 4.84 Å². The van der Waals surface area contributed by atoms with E-state index in [0.717, 1.165) is 5.56 Å². The number of nitrogens with one attached hydrogen (secondary N) is 1. The van der Waals surface area contributed by atoms with Crippen LogP contribution in [-0.2, 0) is 25.6 Å². The highest BCUT2D eigenvalue weighted by Gasteiger charge is 2.21. The van der Waals surface area contributed by atoms with Crippen LogP contribution in [0.2, 0.25) is 0 Å². The van der Waals surface area contributed by atoms with Crippen molar-refractivity contribution >= 4 is 11.9 Å². The molecule has 1 atom stereocenters. The van der Waals surface area contributed by atoms with Crippen LogP contribution in [-0.4, -0.2) is 25.1 Å². The number of carbonyl (C=O) groups excluding carboxylic acids is 2. The fourth-order valence-electron chi connectivity index (χ4n) is 1.29. The lowest BCUT2D eigenvalue weighted by Crippen LogP contribution is -2.35. The molecule has 1 rings (SSSR count). The minimum Gasteiger partial charge on any atom is -0.467 e. The highest BCUT2D eigenvalue weighted by Crippen LogP contribution is 2.06. The van der Waals surface area contributed by atoms with Crippen molar-refractivity contribution < 1.29 is 19.2 Å². The third-order valence-electron chi connectivity index (χ3n) is 2.07. The van der Waals surface area contributed by atoms with Gasteiger partial charge in [-0.05, 0) is 5.56 Å². The molecule has 1 aromatic rings. The van der Waals surface area contributed by atoms with Gasteiger partial charge in [0.1, 0.15) is 0 Å². The molecule has 1 aromatic carbocycles. The first-order valence-corrected chi connectivity index (χ1v) is 5.17. The summed E-state index contributed by atoms with van der Waals surface area (Å²) < 4.78 is 4.60. The standard InChI is InChI=1S/C12H15NO4/c1-9(14)13-17-11(12(15)16-2)8-10-6-4-3-5-7-10/h3-7,11H,8H2,1-2H3,(H,13,14). The molecule has 0 aliphatic carbocycles. The number of methoxy groups -OCH3 is 1. The molecular formula is C12H15NO4. The van der Waals surface area contributed by atoms with Crippen molar-refractivity contribution in [1.82, 2.24) is 5.48 Å². The SMILES string of the molecule is COC(=O)C(Cc1ccccc1)ONC(C)=O. The van der Waals surface area contributed by atoms with Crippen molar-refractivity contribution in [3.63, 3.8) is 0 Å². The van der Waals surface area contributed by atoms with E-state index in [2.05, 4.69) is 10.2 Å². The third-order valence-corrected chi connectivity index (χ3v) is 2.07. The summed E-state index contributed by atoms with van der Waals surface area (Å²) in [4.78, 5) is 27.1. The number of hydrogen-bond acceptors (Lipinski definition) is 4. The minimum absolute atomic E-state index is 0.341. The predicted octanol–water partition coefficient (Wildman–Crippen LogP) is 0.838. The Morgan fingerprint density at radius 1 is 1.29 bits per heavy atom. The van der Waals surface area contributed by atoms with Gasteiger partial charge in [-0.3, -0.25) is 9.63 Å². The average Bonchev–Trinajstić information content (AvgIpc) is 2.34. The van der Waals surface area contributed by atoms with Gasteiger partial charge in [0.15, 0.2) is 6.10 Å². The maximum absolute atomic E-state index is 11.4. The van der Waals surface area contributed by atoms with Gasteiger partial charge in [-0.15, -0.1) is 0 Å². The highest BCUT2D eigenvalue weighted by molar-refractivity contribution is 5.76. The Hall–Kier alpha value is -1.88. The lowest BCUT2D eigenvalue weighted by Gasteiger charge is -2.14. The first-order valence-electron chi connectivity index (χ1n) is 5.17. The highest BCUT2D eigenvalue weighted by atomic mass is 16.7. The summed E-state index contributed by atoms with van der Waals surface area (Å²) in [5.74, 6) is -0.894. The number of esters is 1. The van der Waals surface area contributed by atoms with Crippen LogP contribution in [0.25, 0.3) is 0 Å². The molecule has 0 saturated carbocycles. The Balaban J connectivity index is 2.63. The molecule has 0 aliphatic heterocycles. The summed E-state index contributed by atoms with van der Waals surface area (Å²) >= 11 is 0. The minimum atomic E-state index is -0.841. The van der Waals surface area contributed by atoms with Crippen LogP contribution >= 0.6 is 0 Å². The second kappa shape index (κ2) is 6.65. The van der Waals surface area contributed by atoms with E-state index in [-0.39, 0.29) is 5.91 Å². The Morgan fingerprint density at radius 2 is 1.94 bits per heavy atom. The molecule has 0 bridgehead atoms. The van der Waals surface area contributed by atoms with Gasteiger partial charge in [0.25, 0.3) is 0 Å². The largest absolute Gasteiger partial charge is 0.467 e. The molecular weight excluding hydrogens is 222 g/mol. The van der Waals surface area contributed by atoms with Gasteiger partial charge in [0.2, 0.25) is 5.91 Å². The molecule has 92 valence electrons. The van der Waals surface area contributed by atoms with Crippen LogP contribution in [0, 0.1) is 0 Å². The van der Waals surface area contributed by atoms with Crippen molar-refractivity contribution in [1.29, 1.82) is 0 Å². The van der Waals surface area contributed by atoms with Gasteiger partial charge < -0.3 is 4.74 Å². The van der Waals surface area contributed by atoms with Crippen LogP contribution in [0.1, 0.15) is 12.5 Å². The van der Waals surface area contributed by atoms with E-state index in [1.807, 2.05) is 30.3 Å². The number of rotatable bonds is 5. The monoisotopic (exact) mass is 237 g/mol. The smallest absolute Gasteiger partial charge is 0.338 e. The van der Waals surface area contributed by atoms with E-state index in [1.165, 1.54) is 14.0 Å². The van der Waals surface area contributed by atoms with Crippen molar-refractivity contribution in [3.8, 4) is 0 Å². The molecule has 1 amide bonds. The van der Waals surface area contributed by atoms with Crippen LogP contribution in [0.5, 0.6) is 0 Å². The number of benzene rings is 1.